The lowest BCUT2D eigenvalue weighted by atomic mass is 10.2. The lowest BCUT2D eigenvalue weighted by Crippen LogP contribution is -2.27. The Labute approximate surface area is 207 Å². The number of benzene rings is 3. The Morgan fingerprint density at radius 1 is 0.971 bits per heavy atom. The molecule has 8 heteroatoms. The van der Waals surface area contributed by atoms with Crippen LogP contribution < -0.4 is 19.1 Å². The number of hydrogen-bond donors (Lipinski definition) is 0. The van der Waals surface area contributed by atoms with Crippen molar-refractivity contribution in [2.45, 2.75) is 6.92 Å². The summed E-state index contributed by atoms with van der Waals surface area (Å²) in [5.41, 5.74) is 2.47. The second-order valence-electron chi connectivity index (χ2n) is 7.41. The molecule has 4 rings (SSSR count). The van der Waals surface area contributed by atoms with E-state index in [4.69, 9.17) is 26.4 Å². The number of thiocarbonyl (C=S) groups is 1. The molecule has 0 aliphatic carbocycles. The number of amides is 1. The molecule has 1 saturated heterocycles. The summed E-state index contributed by atoms with van der Waals surface area (Å²) >= 11 is 6.57. The standard InChI is InChI=1S/C26H22FNO4S2/c1-17-3-10-21(11-4-17)31-13-14-32-22-12-5-18(15-23(22)30-2)16-24-25(29)28(26(33)34-24)20-8-6-19(27)7-9-20/h3-12,15-16H,13-14H2,1-2H3. The zero-order valence-electron chi connectivity index (χ0n) is 18.6. The zero-order chi connectivity index (χ0) is 24.1. The van der Waals surface area contributed by atoms with Crippen molar-refractivity contribution in [3.05, 3.63) is 88.6 Å². The topological polar surface area (TPSA) is 48.0 Å². The lowest BCUT2D eigenvalue weighted by molar-refractivity contribution is -0.113. The first-order valence-corrected chi connectivity index (χ1v) is 11.7. The van der Waals surface area contributed by atoms with Crippen LogP contribution >= 0.6 is 24.0 Å². The van der Waals surface area contributed by atoms with E-state index in [1.165, 1.54) is 46.5 Å². The summed E-state index contributed by atoms with van der Waals surface area (Å²) in [4.78, 5) is 14.8. The molecule has 34 heavy (non-hydrogen) atoms. The molecule has 0 atom stereocenters. The summed E-state index contributed by atoms with van der Waals surface area (Å²) in [6.45, 7) is 2.76. The van der Waals surface area contributed by atoms with Crippen molar-refractivity contribution in [2.24, 2.45) is 0 Å². The molecule has 3 aromatic carbocycles. The van der Waals surface area contributed by atoms with Gasteiger partial charge in [0.05, 0.1) is 17.7 Å². The minimum Gasteiger partial charge on any atom is -0.493 e. The van der Waals surface area contributed by atoms with Crippen LogP contribution in [0.25, 0.3) is 6.08 Å². The molecule has 0 aromatic heterocycles. The average Bonchev–Trinajstić information content (AvgIpc) is 3.11. The molecule has 5 nitrogen and oxygen atoms in total. The summed E-state index contributed by atoms with van der Waals surface area (Å²) in [7, 11) is 1.56. The van der Waals surface area contributed by atoms with Gasteiger partial charge in [0.25, 0.3) is 5.91 Å². The highest BCUT2D eigenvalue weighted by molar-refractivity contribution is 8.27. The third kappa shape index (κ3) is 5.58. The van der Waals surface area contributed by atoms with Gasteiger partial charge in [-0.1, -0.05) is 47.7 Å². The van der Waals surface area contributed by atoms with E-state index in [0.29, 0.717) is 39.6 Å². The molecule has 1 fully saturated rings. The Morgan fingerprint density at radius 2 is 1.68 bits per heavy atom. The minimum atomic E-state index is -0.374. The van der Waals surface area contributed by atoms with Gasteiger partial charge in [-0.3, -0.25) is 9.69 Å². The van der Waals surface area contributed by atoms with Crippen molar-refractivity contribution in [2.75, 3.05) is 25.2 Å². The maximum Gasteiger partial charge on any atom is 0.270 e. The minimum absolute atomic E-state index is 0.255. The van der Waals surface area contributed by atoms with E-state index >= 15 is 0 Å². The van der Waals surface area contributed by atoms with Crippen LogP contribution in [-0.4, -0.2) is 30.6 Å². The fourth-order valence-electron chi connectivity index (χ4n) is 3.27. The van der Waals surface area contributed by atoms with E-state index in [9.17, 15) is 9.18 Å². The molecule has 1 aliphatic heterocycles. The van der Waals surface area contributed by atoms with Crippen molar-refractivity contribution >= 4 is 46.0 Å². The molecular formula is C26H22FNO4S2. The molecule has 0 radical (unpaired) electrons. The second-order valence-corrected chi connectivity index (χ2v) is 9.09. The van der Waals surface area contributed by atoms with E-state index in [2.05, 4.69) is 0 Å². The molecule has 1 aliphatic rings. The van der Waals surface area contributed by atoms with Crippen LogP contribution in [0, 0.1) is 12.7 Å². The summed E-state index contributed by atoms with van der Waals surface area (Å²) in [5, 5.41) is 0. The van der Waals surface area contributed by atoms with Gasteiger partial charge < -0.3 is 14.2 Å². The zero-order valence-corrected chi connectivity index (χ0v) is 20.3. The third-order valence-electron chi connectivity index (χ3n) is 4.99. The maximum absolute atomic E-state index is 13.2. The van der Waals surface area contributed by atoms with Crippen LogP contribution in [0.3, 0.4) is 0 Å². The van der Waals surface area contributed by atoms with Crippen molar-refractivity contribution in [1.82, 2.24) is 0 Å². The molecular weight excluding hydrogens is 473 g/mol. The van der Waals surface area contributed by atoms with Crippen LogP contribution in [0.2, 0.25) is 0 Å². The van der Waals surface area contributed by atoms with E-state index in [1.807, 2.05) is 37.3 Å². The van der Waals surface area contributed by atoms with E-state index < -0.39 is 0 Å². The number of methoxy groups -OCH3 is 1. The van der Waals surface area contributed by atoms with Gasteiger partial charge in [-0.05, 0) is 67.1 Å². The third-order valence-corrected chi connectivity index (χ3v) is 6.30. The Balaban J connectivity index is 1.41. The van der Waals surface area contributed by atoms with Crippen LogP contribution in [-0.2, 0) is 4.79 Å². The second kappa shape index (κ2) is 10.7. The number of nitrogens with zero attached hydrogens (tertiary/aromatic N) is 1. The number of aryl methyl sites for hydroxylation is 1. The Kier molecular flexibility index (Phi) is 7.49. The van der Waals surface area contributed by atoms with Gasteiger partial charge in [-0.25, -0.2) is 4.39 Å². The Bertz CT molecular complexity index is 1230. The van der Waals surface area contributed by atoms with Crippen LogP contribution in [0.1, 0.15) is 11.1 Å². The molecule has 0 unspecified atom stereocenters. The molecule has 0 spiro atoms. The Morgan fingerprint density at radius 3 is 2.38 bits per heavy atom. The molecule has 0 N–H and O–H groups in total. The van der Waals surface area contributed by atoms with Gasteiger partial charge in [-0.2, -0.15) is 0 Å². The summed E-state index contributed by atoms with van der Waals surface area (Å²) in [5.74, 6) is 1.27. The summed E-state index contributed by atoms with van der Waals surface area (Å²) in [6, 6.07) is 18.9. The smallest absolute Gasteiger partial charge is 0.270 e. The van der Waals surface area contributed by atoms with Gasteiger partial charge in [0, 0.05) is 0 Å². The lowest BCUT2D eigenvalue weighted by Gasteiger charge is -2.14. The predicted molar refractivity (Wildman–Crippen MR) is 137 cm³/mol. The summed E-state index contributed by atoms with van der Waals surface area (Å²) in [6.07, 6.45) is 1.75. The highest BCUT2D eigenvalue weighted by Gasteiger charge is 2.33. The number of anilines is 1. The molecule has 0 saturated carbocycles. The van der Waals surface area contributed by atoms with Gasteiger partial charge in [0.2, 0.25) is 0 Å². The molecule has 3 aromatic rings. The quantitative estimate of drug-likeness (QED) is 0.217. The highest BCUT2D eigenvalue weighted by Crippen LogP contribution is 2.37. The highest BCUT2D eigenvalue weighted by atomic mass is 32.2. The first-order chi connectivity index (χ1) is 16.4. The van der Waals surface area contributed by atoms with Gasteiger partial charge in [0.15, 0.2) is 15.8 Å². The van der Waals surface area contributed by atoms with Crippen LogP contribution in [0.4, 0.5) is 10.1 Å². The number of carbonyl (C=O) groups excluding carboxylic acids is 1. The van der Waals surface area contributed by atoms with Crippen molar-refractivity contribution in [3.63, 3.8) is 0 Å². The van der Waals surface area contributed by atoms with E-state index in [1.54, 1.807) is 25.3 Å². The van der Waals surface area contributed by atoms with Gasteiger partial charge in [0.1, 0.15) is 24.8 Å². The fraction of sp³-hybridized carbons (Fsp3) is 0.154. The Hall–Kier alpha value is -3.36. The molecule has 0 bridgehead atoms. The molecule has 1 amide bonds. The summed E-state index contributed by atoms with van der Waals surface area (Å²) < 4.78 is 30.6. The number of halogens is 1. The normalized spacial score (nSPS) is 14.6. The number of hydrogen-bond acceptors (Lipinski definition) is 6. The number of thioether (sulfide) groups is 1. The van der Waals surface area contributed by atoms with E-state index in [0.717, 1.165) is 11.3 Å². The van der Waals surface area contributed by atoms with Crippen LogP contribution in [0.5, 0.6) is 17.2 Å². The maximum atomic E-state index is 13.2. The monoisotopic (exact) mass is 495 g/mol. The largest absolute Gasteiger partial charge is 0.493 e. The fourth-order valence-corrected chi connectivity index (χ4v) is 4.57. The molecule has 1 heterocycles. The first kappa shape index (κ1) is 23.8. The average molecular weight is 496 g/mol. The van der Waals surface area contributed by atoms with Crippen molar-refractivity contribution < 1.29 is 23.4 Å². The SMILES string of the molecule is COc1cc(C=C2SC(=S)N(c3ccc(F)cc3)C2=O)ccc1OCCOc1ccc(C)cc1. The van der Waals surface area contributed by atoms with E-state index in [-0.39, 0.29) is 11.7 Å². The number of carbonyl (C=O) groups is 1. The van der Waals surface area contributed by atoms with Gasteiger partial charge >= 0.3 is 0 Å². The van der Waals surface area contributed by atoms with Crippen molar-refractivity contribution in [1.29, 1.82) is 0 Å². The van der Waals surface area contributed by atoms with Crippen molar-refractivity contribution in [3.8, 4) is 17.2 Å². The van der Waals surface area contributed by atoms with Crippen LogP contribution in [0.15, 0.2) is 71.6 Å². The first-order valence-electron chi connectivity index (χ1n) is 10.5. The molecule has 174 valence electrons. The number of ether oxygens (including phenoxy) is 3. The number of rotatable bonds is 8. The van der Waals surface area contributed by atoms with Gasteiger partial charge in [-0.15, -0.1) is 0 Å². The predicted octanol–water partition coefficient (Wildman–Crippen LogP) is 6.01.